The maximum Gasteiger partial charge on any atom is 0.234 e. The van der Waals surface area contributed by atoms with Crippen molar-refractivity contribution in [1.29, 1.82) is 0 Å². The van der Waals surface area contributed by atoms with Crippen LogP contribution >= 0.6 is 11.8 Å². The Bertz CT molecular complexity index is 595. The molecule has 0 saturated heterocycles. The smallest absolute Gasteiger partial charge is 0.234 e. The summed E-state index contributed by atoms with van der Waals surface area (Å²) < 4.78 is 0. The van der Waals surface area contributed by atoms with Crippen molar-refractivity contribution in [1.82, 2.24) is 0 Å². The van der Waals surface area contributed by atoms with E-state index in [2.05, 4.69) is 24.4 Å². The predicted molar refractivity (Wildman–Crippen MR) is 87.1 cm³/mol. The highest BCUT2D eigenvalue weighted by Crippen LogP contribution is 2.16. The van der Waals surface area contributed by atoms with Crippen LogP contribution < -0.4 is 5.32 Å². The molecule has 0 fully saturated rings. The fourth-order valence-corrected chi connectivity index (χ4v) is 2.85. The summed E-state index contributed by atoms with van der Waals surface area (Å²) >= 11 is 1.64. The minimum absolute atomic E-state index is 0.0502. The molecule has 0 heterocycles. The van der Waals surface area contributed by atoms with Gasteiger partial charge in [0, 0.05) is 11.4 Å². The van der Waals surface area contributed by atoms with Crippen LogP contribution in [0.3, 0.4) is 0 Å². The highest BCUT2D eigenvalue weighted by atomic mass is 32.2. The van der Waals surface area contributed by atoms with Crippen molar-refractivity contribution >= 4 is 23.4 Å². The summed E-state index contributed by atoms with van der Waals surface area (Å²) in [5.41, 5.74) is 4.59. The van der Waals surface area contributed by atoms with E-state index in [1.54, 1.807) is 11.8 Å². The topological polar surface area (TPSA) is 29.1 Å². The summed E-state index contributed by atoms with van der Waals surface area (Å²) in [6.45, 7) is 4.12. The predicted octanol–water partition coefficient (Wildman–Crippen LogP) is 4.18. The minimum Gasteiger partial charge on any atom is -0.325 e. The number of thioether (sulfide) groups is 1. The molecule has 0 spiro atoms. The summed E-state index contributed by atoms with van der Waals surface area (Å²) in [5, 5.41) is 2.92. The molecular weight excluding hydrogens is 266 g/mol. The van der Waals surface area contributed by atoms with E-state index >= 15 is 0 Å². The molecule has 2 aromatic rings. The highest BCUT2D eigenvalue weighted by Gasteiger charge is 2.04. The number of hydrogen-bond acceptors (Lipinski definition) is 2. The molecule has 0 unspecified atom stereocenters. The molecule has 0 aliphatic carbocycles. The first kappa shape index (κ1) is 14.7. The van der Waals surface area contributed by atoms with Gasteiger partial charge in [-0.2, -0.15) is 0 Å². The van der Waals surface area contributed by atoms with Crippen LogP contribution in [0.15, 0.2) is 48.5 Å². The molecule has 2 nitrogen and oxygen atoms in total. The van der Waals surface area contributed by atoms with Gasteiger partial charge in [0.2, 0.25) is 5.91 Å². The van der Waals surface area contributed by atoms with Crippen LogP contribution in [-0.4, -0.2) is 11.7 Å². The van der Waals surface area contributed by atoms with Crippen molar-refractivity contribution < 1.29 is 4.79 Å². The third-order valence-electron chi connectivity index (χ3n) is 3.05. The van der Waals surface area contributed by atoms with Gasteiger partial charge in [-0.1, -0.05) is 36.4 Å². The van der Waals surface area contributed by atoms with Gasteiger partial charge >= 0.3 is 0 Å². The molecule has 0 radical (unpaired) electrons. The third kappa shape index (κ3) is 4.42. The molecule has 0 aliphatic heterocycles. The Kier molecular flexibility index (Phi) is 5.24. The lowest BCUT2D eigenvalue weighted by molar-refractivity contribution is -0.113. The number of rotatable bonds is 5. The third-order valence-corrected chi connectivity index (χ3v) is 4.04. The molecule has 1 amide bonds. The van der Waals surface area contributed by atoms with Crippen molar-refractivity contribution in [2.24, 2.45) is 0 Å². The minimum atomic E-state index is 0.0502. The molecule has 0 atom stereocenters. The van der Waals surface area contributed by atoms with Gasteiger partial charge in [-0.15, -0.1) is 11.8 Å². The van der Waals surface area contributed by atoms with Gasteiger partial charge in [0.15, 0.2) is 0 Å². The first-order valence-electron chi connectivity index (χ1n) is 6.64. The molecule has 104 valence electrons. The molecule has 20 heavy (non-hydrogen) atoms. The van der Waals surface area contributed by atoms with Crippen molar-refractivity contribution in [3.8, 4) is 0 Å². The molecule has 0 saturated carbocycles. The van der Waals surface area contributed by atoms with E-state index in [0.29, 0.717) is 5.75 Å². The normalized spacial score (nSPS) is 10.3. The number of benzene rings is 2. The number of carbonyl (C=O) groups is 1. The van der Waals surface area contributed by atoms with E-state index in [1.165, 1.54) is 11.1 Å². The van der Waals surface area contributed by atoms with Crippen LogP contribution in [0.5, 0.6) is 0 Å². The second-order valence-electron chi connectivity index (χ2n) is 4.84. The van der Waals surface area contributed by atoms with Gasteiger partial charge in [-0.25, -0.2) is 0 Å². The quantitative estimate of drug-likeness (QED) is 0.893. The molecule has 0 bridgehead atoms. The zero-order chi connectivity index (χ0) is 14.4. The average Bonchev–Trinajstić information content (AvgIpc) is 2.41. The molecule has 3 heteroatoms. The Hall–Kier alpha value is -1.74. The number of anilines is 1. The molecule has 0 aromatic heterocycles. The standard InChI is InChI=1S/C17H19NOS/c1-13-6-5-9-16(10-13)18-17(19)12-20-11-15-8-4-3-7-14(15)2/h3-10H,11-12H2,1-2H3,(H,18,19). The summed E-state index contributed by atoms with van der Waals surface area (Å²) in [4.78, 5) is 11.9. The number of hydrogen-bond donors (Lipinski definition) is 1. The van der Waals surface area contributed by atoms with E-state index in [4.69, 9.17) is 0 Å². The van der Waals surface area contributed by atoms with Crippen molar-refractivity contribution in [2.45, 2.75) is 19.6 Å². The maximum atomic E-state index is 11.9. The Morgan fingerprint density at radius 1 is 1.10 bits per heavy atom. The van der Waals surface area contributed by atoms with E-state index < -0.39 is 0 Å². The lowest BCUT2D eigenvalue weighted by Crippen LogP contribution is -2.14. The first-order valence-corrected chi connectivity index (χ1v) is 7.79. The van der Waals surface area contributed by atoms with Gasteiger partial charge in [-0.05, 0) is 42.7 Å². The molecule has 1 N–H and O–H groups in total. The lowest BCUT2D eigenvalue weighted by Gasteiger charge is -2.07. The zero-order valence-corrected chi connectivity index (χ0v) is 12.7. The summed E-state index contributed by atoms with van der Waals surface area (Å²) in [6, 6.07) is 16.1. The Morgan fingerprint density at radius 3 is 2.65 bits per heavy atom. The first-order chi connectivity index (χ1) is 9.65. The number of nitrogens with one attached hydrogen (secondary N) is 1. The van der Waals surface area contributed by atoms with Crippen LogP contribution in [-0.2, 0) is 10.5 Å². The van der Waals surface area contributed by atoms with E-state index in [9.17, 15) is 4.79 Å². The zero-order valence-electron chi connectivity index (χ0n) is 11.8. The lowest BCUT2D eigenvalue weighted by atomic mass is 10.1. The Labute approximate surface area is 124 Å². The van der Waals surface area contributed by atoms with Gasteiger partial charge in [0.1, 0.15) is 0 Å². The van der Waals surface area contributed by atoms with Gasteiger partial charge in [0.25, 0.3) is 0 Å². The average molecular weight is 285 g/mol. The van der Waals surface area contributed by atoms with Crippen LogP contribution in [0.2, 0.25) is 0 Å². The number of amides is 1. The van der Waals surface area contributed by atoms with Crippen LogP contribution in [0, 0.1) is 13.8 Å². The largest absolute Gasteiger partial charge is 0.325 e. The van der Waals surface area contributed by atoms with Crippen molar-refractivity contribution in [2.75, 3.05) is 11.1 Å². The SMILES string of the molecule is Cc1cccc(NC(=O)CSCc2ccccc2C)c1. The van der Waals surface area contributed by atoms with Crippen molar-refractivity contribution in [3.05, 3.63) is 65.2 Å². The fourth-order valence-electron chi connectivity index (χ4n) is 1.95. The second-order valence-corrected chi connectivity index (χ2v) is 5.82. The van der Waals surface area contributed by atoms with Crippen molar-refractivity contribution in [3.63, 3.8) is 0 Å². The summed E-state index contributed by atoms with van der Waals surface area (Å²) in [7, 11) is 0. The Morgan fingerprint density at radius 2 is 1.90 bits per heavy atom. The molecule has 2 aromatic carbocycles. The molecule has 2 rings (SSSR count). The summed E-state index contributed by atoms with van der Waals surface area (Å²) in [5.74, 6) is 1.39. The monoisotopic (exact) mass is 285 g/mol. The highest BCUT2D eigenvalue weighted by molar-refractivity contribution is 7.99. The van der Waals surface area contributed by atoms with Crippen LogP contribution in [0.1, 0.15) is 16.7 Å². The van der Waals surface area contributed by atoms with Crippen LogP contribution in [0.25, 0.3) is 0 Å². The number of carbonyl (C=O) groups excluding carboxylic acids is 1. The van der Waals surface area contributed by atoms with Crippen LogP contribution in [0.4, 0.5) is 5.69 Å². The molecule has 0 aliphatic rings. The fraction of sp³-hybridized carbons (Fsp3) is 0.235. The van der Waals surface area contributed by atoms with Gasteiger partial charge < -0.3 is 5.32 Å². The van der Waals surface area contributed by atoms with Gasteiger partial charge in [-0.3, -0.25) is 4.79 Å². The molecular formula is C17H19NOS. The maximum absolute atomic E-state index is 11.9. The Balaban J connectivity index is 1.80. The van der Waals surface area contributed by atoms with E-state index in [-0.39, 0.29) is 5.91 Å². The van der Waals surface area contributed by atoms with Gasteiger partial charge in [0.05, 0.1) is 5.75 Å². The summed E-state index contributed by atoms with van der Waals surface area (Å²) in [6.07, 6.45) is 0. The van der Waals surface area contributed by atoms with E-state index in [0.717, 1.165) is 17.0 Å². The second kappa shape index (κ2) is 7.15. The number of aryl methyl sites for hydroxylation is 2. The van der Waals surface area contributed by atoms with E-state index in [1.807, 2.05) is 43.3 Å².